The molecule has 1 heterocycles. The summed E-state index contributed by atoms with van der Waals surface area (Å²) in [5.41, 5.74) is 0.700. The molecule has 0 saturated carbocycles. The van der Waals surface area contributed by atoms with Crippen LogP contribution in [0.15, 0.2) is 24.3 Å². The minimum atomic E-state index is -0.511. The molecule has 2 rings (SSSR count). The maximum atomic E-state index is 9.84. The number of anilines is 1. The lowest BCUT2D eigenvalue weighted by molar-refractivity contribution is 0.0839. The van der Waals surface area contributed by atoms with E-state index in [2.05, 4.69) is 51.8 Å². The Bertz CT molecular complexity index is 321. The fourth-order valence-corrected chi connectivity index (χ4v) is 2.18. The molecular formula is C11H14INO. The number of benzene rings is 1. The van der Waals surface area contributed by atoms with Gasteiger partial charge in [-0.15, -0.1) is 0 Å². The molecule has 14 heavy (non-hydrogen) atoms. The van der Waals surface area contributed by atoms with Crippen molar-refractivity contribution in [2.75, 3.05) is 18.0 Å². The Morgan fingerprint density at radius 3 is 2.50 bits per heavy atom. The van der Waals surface area contributed by atoms with E-state index >= 15 is 0 Å². The van der Waals surface area contributed by atoms with E-state index in [9.17, 15) is 5.11 Å². The number of aliphatic hydroxyl groups is 1. The van der Waals surface area contributed by atoms with Gasteiger partial charge < -0.3 is 10.0 Å². The number of rotatable bonds is 1. The van der Waals surface area contributed by atoms with E-state index in [1.807, 2.05) is 6.92 Å². The predicted octanol–water partition coefficient (Wildman–Crippen LogP) is 2.25. The Morgan fingerprint density at radius 2 is 2.00 bits per heavy atom. The van der Waals surface area contributed by atoms with Gasteiger partial charge >= 0.3 is 0 Å². The van der Waals surface area contributed by atoms with Crippen LogP contribution in [0.5, 0.6) is 0 Å². The molecule has 2 nitrogen and oxygen atoms in total. The van der Waals surface area contributed by atoms with Crippen LogP contribution < -0.4 is 4.90 Å². The second-order valence-corrected chi connectivity index (χ2v) is 5.39. The molecule has 0 spiro atoms. The monoisotopic (exact) mass is 303 g/mol. The Labute approximate surface area is 98.1 Å². The van der Waals surface area contributed by atoms with Gasteiger partial charge in [0.2, 0.25) is 0 Å². The van der Waals surface area contributed by atoms with Crippen molar-refractivity contribution in [3.8, 4) is 0 Å². The van der Waals surface area contributed by atoms with Gasteiger partial charge in [0.15, 0.2) is 0 Å². The van der Waals surface area contributed by atoms with E-state index in [0.717, 1.165) is 19.5 Å². The van der Waals surface area contributed by atoms with Crippen LogP contribution >= 0.6 is 22.6 Å². The summed E-state index contributed by atoms with van der Waals surface area (Å²) >= 11 is 2.30. The highest BCUT2D eigenvalue weighted by Gasteiger charge is 2.31. The average molecular weight is 303 g/mol. The van der Waals surface area contributed by atoms with Crippen molar-refractivity contribution < 1.29 is 5.11 Å². The molecule has 1 saturated heterocycles. The summed E-state index contributed by atoms with van der Waals surface area (Å²) in [6, 6.07) is 8.43. The van der Waals surface area contributed by atoms with Crippen LogP contribution in [-0.4, -0.2) is 23.8 Å². The molecule has 1 aliphatic heterocycles. The first-order chi connectivity index (χ1) is 6.57. The smallest absolute Gasteiger partial charge is 0.0810 e. The molecule has 1 atom stereocenters. The zero-order valence-electron chi connectivity index (χ0n) is 8.20. The third kappa shape index (κ3) is 2.20. The Morgan fingerprint density at radius 1 is 1.36 bits per heavy atom. The van der Waals surface area contributed by atoms with Gasteiger partial charge in [-0.1, -0.05) is 0 Å². The van der Waals surface area contributed by atoms with Crippen LogP contribution in [0.4, 0.5) is 5.69 Å². The number of halogens is 1. The Hall–Kier alpha value is -0.290. The van der Waals surface area contributed by atoms with Gasteiger partial charge in [-0.25, -0.2) is 0 Å². The first-order valence-corrected chi connectivity index (χ1v) is 5.88. The van der Waals surface area contributed by atoms with Gasteiger partial charge in [-0.2, -0.15) is 0 Å². The minimum Gasteiger partial charge on any atom is -0.388 e. The molecule has 1 aromatic carbocycles. The molecular weight excluding hydrogens is 289 g/mol. The summed E-state index contributed by atoms with van der Waals surface area (Å²) in [6.07, 6.45) is 0.860. The Kier molecular flexibility index (Phi) is 2.70. The average Bonchev–Trinajstić information content (AvgIpc) is 2.47. The van der Waals surface area contributed by atoms with Crippen molar-refractivity contribution in [3.63, 3.8) is 0 Å². The SMILES string of the molecule is CC1(O)CCN(c2ccc(I)cc2)C1. The fourth-order valence-electron chi connectivity index (χ4n) is 1.82. The maximum Gasteiger partial charge on any atom is 0.0810 e. The Balaban J connectivity index is 2.14. The topological polar surface area (TPSA) is 23.5 Å². The van der Waals surface area contributed by atoms with E-state index in [0.29, 0.717) is 0 Å². The van der Waals surface area contributed by atoms with Crippen molar-refractivity contribution >= 4 is 28.3 Å². The van der Waals surface area contributed by atoms with Gasteiger partial charge in [0, 0.05) is 22.3 Å². The second kappa shape index (κ2) is 3.70. The van der Waals surface area contributed by atoms with Gasteiger partial charge in [0.05, 0.1) is 5.60 Å². The zero-order chi connectivity index (χ0) is 10.2. The van der Waals surface area contributed by atoms with Gasteiger partial charge in [-0.3, -0.25) is 0 Å². The number of hydrogen-bond acceptors (Lipinski definition) is 2. The molecule has 1 aliphatic rings. The normalized spacial score (nSPS) is 26.9. The lowest BCUT2D eigenvalue weighted by Crippen LogP contribution is -2.29. The van der Waals surface area contributed by atoms with E-state index in [1.54, 1.807) is 0 Å². The molecule has 1 N–H and O–H groups in total. The lowest BCUT2D eigenvalue weighted by Gasteiger charge is -2.20. The molecule has 76 valence electrons. The van der Waals surface area contributed by atoms with E-state index in [1.165, 1.54) is 9.26 Å². The van der Waals surface area contributed by atoms with E-state index < -0.39 is 5.60 Å². The van der Waals surface area contributed by atoms with Gasteiger partial charge in [0.1, 0.15) is 0 Å². The minimum absolute atomic E-state index is 0.511. The molecule has 0 aliphatic carbocycles. The predicted molar refractivity (Wildman–Crippen MR) is 66.6 cm³/mol. The fraction of sp³-hybridized carbons (Fsp3) is 0.455. The highest BCUT2D eigenvalue weighted by molar-refractivity contribution is 14.1. The largest absolute Gasteiger partial charge is 0.388 e. The number of nitrogens with zero attached hydrogens (tertiary/aromatic N) is 1. The van der Waals surface area contributed by atoms with Crippen LogP contribution in [-0.2, 0) is 0 Å². The highest BCUT2D eigenvalue weighted by atomic mass is 127. The van der Waals surface area contributed by atoms with Crippen molar-refractivity contribution in [2.24, 2.45) is 0 Å². The van der Waals surface area contributed by atoms with Crippen LogP contribution in [0, 0.1) is 3.57 Å². The van der Waals surface area contributed by atoms with Crippen molar-refractivity contribution in [2.45, 2.75) is 18.9 Å². The zero-order valence-corrected chi connectivity index (χ0v) is 10.4. The maximum absolute atomic E-state index is 9.84. The molecule has 1 unspecified atom stereocenters. The summed E-state index contributed by atoms with van der Waals surface area (Å²) in [5, 5.41) is 9.84. The van der Waals surface area contributed by atoms with Crippen molar-refractivity contribution in [1.29, 1.82) is 0 Å². The van der Waals surface area contributed by atoms with Crippen LogP contribution in [0.3, 0.4) is 0 Å². The third-order valence-corrected chi connectivity index (χ3v) is 3.36. The molecule has 0 radical (unpaired) electrons. The molecule has 0 bridgehead atoms. The van der Waals surface area contributed by atoms with Crippen molar-refractivity contribution in [3.05, 3.63) is 27.8 Å². The second-order valence-electron chi connectivity index (χ2n) is 4.14. The molecule has 3 heteroatoms. The van der Waals surface area contributed by atoms with E-state index in [4.69, 9.17) is 0 Å². The summed E-state index contributed by atoms with van der Waals surface area (Å²) in [6.45, 7) is 3.60. The number of hydrogen-bond donors (Lipinski definition) is 1. The molecule has 0 aromatic heterocycles. The summed E-state index contributed by atoms with van der Waals surface area (Å²) < 4.78 is 1.25. The first kappa shape index (κ1) is 10.2. The van der Waals surface area contributed by atoms with Crippen LogP contribution in [0.25, 0.3) is 0 Å². The first-order valence-electron chi connectivity index (χ1n) is 4.80. The van der Waals surface area contributed by atoms with Gasteiger partial charge in [-0.05, 0) is 60.2 Å². The quantitative estimate of drug-likeness (QED) is 0.805. The lowest BCUT2D eigenvalue weighted by atomic mass is 10.1. The van der Waals surface area contributed by atoms with Crippen molar-refractivity contribution in [1.82, 2.24) is 0 Å². The molecule has 1 aromatic rings. The van der Waals surface area contributed by atoms with Crippen LogP contribution in [0.1, 0.15) is 13.3 Å². The number of β-amino-alcohol motifs (C(OH)–C–C–N with tert-alkyl or cyclic N) is 1. The third-order valence-electron chi connectivity index (χ3n) is 2.64. The van der Waals surface area contributed by atoms with E-state index in [-0.39, 0.29) is 0 Å². The summed E-state index contributed by atoms with van der Waals surface area (Å²) in [7, 11) is 0. The standard InChI is InChI=1S/C11H14INO/c1-11(14)6-7-13(8-11)10-4-2-9(12)3-5-10/h2-5,14H,6-8H2,1H3. The van der Waals surface area contributed by atoms with Gasteiger partial charge in [0.25, 0.3) is 0 Å². The summed E-state index contributed by atoms with van der Waals surface area (Å²) in [4.78, 5) is 2.23. The highest BCUT2D eigenvalue weighted by Crippen LogP contribution is 2.26. The molecule has 1 fully saturated rings. The molecule has 0 amide bonds. The summed E-state index contributed by atoms with van der Waals surface area (Å²) in [5.74, 6) is 0. The van der Waals surface area contributed by atoms with Crippen LogP contribution in [0.2, 0.25) is 0 Å².